The Labute approximate surface area is 266 Å². The molecule has 0 aliphatic carbocycles. The van der Waals surface area contributed by atoms with Gasteiger partial charge in [-0.3, -0.25) is 14.4 Å². The quantitative estimate of drug-likeness (QED) is 0.0203. The lowest BCUT2D eigenvalue weighted by Gasteiger charge is -2.33. The molecule has 1 atom stereocenters. The van der Waals surface area contributed by atoms with Crippen LogP contribution in [-0.4, -0.2) is 63.2 Å². The Balaban J connectivity index is 4.74. The Bertz CT molecular complexity index is 687. The van der Waals surface area contributed by atoms with E-state index in [2.05, 4.69) is 12.2 Å². The first-order valence-electron chi connectivity index (χ1n) is 15.3. The first kappa shape index (κ1) is 41.6. The lowest BCUT2D eigenvalue weighted by atomic mass is 10.1. The number of carbonyl (C=O) groups is 3. The van der Waals surface area contributed by atoms with Crippen LogP contribution in [0.2, 0.25) is 0 Å². The highest BCUT2D eigenvalue weighted by molar-refractivity contribution is 8.95. The second kappa shape index (κ2) is 27.0. The average molecular weight is 677 g/mol. The molecule has 14 heteroatoms. The van der Waals surface area contributed by atoms with E-state index in [0.717, 1.165) is 108 Å². The Morgan fingerprint density at radius 2 is 0.786 bits per heavy atom. The van der Waals surface area contributed by atoms with Gasteiger partial charge in [0, 0.05) is 30.6 Å². The van der Waals surface area contributed by atoms with E-state index in [1.54, 1.807) is 0 Å². The third-order valence-electron chi connectivity index (χ3n) is 6.42. The minimum atomic E-state index is -3.11. The molecule has 0 aliphatic rings. The number of carboxylic acids is 3. The molecule has 0 spiro atoms. The van der Waals surface area contributed by atoms with E-state index >= 15 is 0 Å². The van der Waals surface area contributed by atoms with Gasteiger partial charge < -0.3 is 34.4 Å². The molecular formula is C28H53O10PS3. The van der Waals surface area contributed by atoms with Crippen molar-refractivity contribution in [1.82, 2.24) is 0 Å². The summed E-state index contributed by atoms with van der Waals surface area (Å²) in [4.78, 5) is 42.3. The van der Waals surface area contributed by atoms with Crippen molar-refractivity contribution in [3.8, 4) is 0 Å². The third-order valence-corrected chi connectivity index (χ3v) is 10.0. The maximum Gasteiger partial charge on any atom is 0.345 e. The first-order valence-corrected chi connectivity index (χ1v) is 20.6. The van der Waals surface area contributed by atoms with Gasteiger partial charge in [-0.05, 0) is 50.3 Å². The lowest BCUT2D eigenvalue weighted by Crippen LogP contribution is -2.36. The topological polar surface area (TPSA) is 160 Å². The van der Waals surface area contributed by atoms with Gasteiger partial charge in [-0.15, -0.1) is 12.2 Å². The summed E-state index contributed by atoms with van der Waals surface area (Å²) in [5.74, 6) is -2.30. The molecular weight excluding hydrogens is 623 g/mol. The first-order chi connectivity index (χ1) is 20.0. The van der Waals surface area contributed by atoms with Crippen molar-refractivity contribution in [1.29, 1.82) is 0 Å². The molecule has 0 rings (SSSR count). The summed E-state index contributed by atoms with van der Waals surface area (Å²) in [5, 5.41) is 24.7. The predicted octanol–water partition coefficient (Wildman–Crippen LogP) is 7.97. The average Bonchev–Trinajstić information content (AvgIpc) is 2.88. The maximum atomic E-state index is 10.6. The summed E-state index contributed by atoms with van der Waals surface area (Å²) in [5.41, 5.74) is 0. The summed E-state index contributed by atoms with van der Waals surface area (Å²) in [6, 6.07) is 0. The van der Waals surface area contributed by atoms with Crippen LogP contribution in [0.4, 0.5) is 0 Å². The highest BCUT2D eigenvalue weighted by Crippen LogP contribution is 2.65. The fraction of sp³-hybridized carbons (Fsp3) is 0.893. The zero-order chi connectivity index (χ0) is 31.5. The van der Waals surface area contributed by atoms with Crippen molar-refractivity contribution in [3.05, 3.63) is 0 Å². The van der Waals surface area contributed by atoms with Crippen LogP contribution in [0.3, 0.4) is 0 Å². The molecule has 0 saturated heterocycles. The molecule has 0 aliphatic heterocycles. The summed E-state index contributed by atoms with van der Waals surface area (Å²) >= 11 is 10.3. The molecule has 10 nitrogen and oxygen atoms in total. The van der Waals surface area contributed by atoms with E-state index in [9.17, 15) is 19.3 Å². The minimum absolute atomic E-state index is 0.198. The van der Waals surface area contributed by atoms with Gasteiger partial charge >= 0.3 is 23.2 Å². The van der Waals surface area contributed by atoms with Crippen molar-refractivity contribution in [3.63, 3.8) is 0 Å². The zero-order valence-corrected chi connectivity index (χ0v) is 28.3. The lowest BCUT2D eigenvalue weighted by molar-refractivity contribution is -0.317. The molecule has 0 heterocycles. The Kier molecular flexibility index (Phi) is 26.7. The summed E-state index contributed by atoms with van der Waals surface area (Å²) < 4.78 is 15.2. The summed E-state index contributed by atoms with van der Waals surface area (Å²) in [7, 11) is 0. The summed E-state index contributed by atoms with van der Waals surface area (Å²) in [6.07, 6.45) is 16.0. The monoisotopic (exact) mass is 676 g/mol. The number of aliphatic carboxylic acids is 3. The molecule has 4 N–H and O–H groups in total. The zero-order valence-electron chi connectivity index (χ0n) is 24.9. The molecule has 0 aromatic heterocycles. The molecule has 0 bridgehead atoms. The fourth-order valence-corrected chi connectivity index (χ4v) is 7.97. The van der Waals surface area contributed by atoms with E-state index in [0.29, 0.717) is 39.1 Å². The molecule has 1 unspecified atom stereocenters. The van der Waals surface area contributed by atoms with E-state index in [1.807, 2.05) is 0 Å². The number of ether oxygens (including phenoxy) is 3. The third kappa shape index (κ3) is 29.7. The highest BCUT2D eigenvalue weighted by Gasteiger charge is 2.39. The van der Waals surface area contributed by atoms with Gasteiger partial charge in [0.15, 0.2) is 4.67 Å². The minimum Gasteiger partial charge on any atom is -0.481 e. The van der Waals surface area contributed by atoms with Gasteiger partial charge in [-0.2, -0.15) is 0 Å². The van der Waals surface area contributed by atoms with E-state index < -0.39 is 27.9 Å². The molecule has 0 fully saturated rings. The maximum absolute atomic E-state index is 10.6. The molecule has 42 heavy (non-hydrogen) atoms. The molecule has 0 radical (unpaired) electrons. The smallest absolute Gasteiger partial charge is 0.345 e. The van der Waals surface area contributed by atoms with Crippen LogP contribution >= 0.6 is 28.3 Å². The van der Waals surface area contributed by atoms with Gasteiger partial charge in [0.2, 0.25) is 0 Å². The van der Waals surface area contributed by atoms with Gasteiger partial charge in [0.1, 0.15) is 0 Å². The van der Waals surface area contributed by atoms with Crippen LogP contribution < -0.4 is 0 Å². The van der Waals surface area contributed by atoms with Crippen molar-refractivity contribution in [2.24, 2.45) is 0 Å². The van der Waals surface area contributed by atoms with Crippen LogP contribution in [-0.2, 0) is 40.4 Å². The van der Waals surface area contributed by atoms with E-state index in [-0.39, 0.29) is 19.3 Å². The van der Waals surface area contributed by atoms with Crippen LogP contribution in [0.1, 0.15) is 135 Å². The Morgan fingerprint density at radius 3 is 1.02 bits per heavy atom. The second-order valence-electron chi connectivity index (χ2n) is 10.4. The van der Waals surface area contributed by atoms with Gasteiger partial charge in [0.05, 0.1) is 19.8 Å². The van der Waals surface area contributed by atoms with Crippen LogP contribution in [0.15, 0.2) is 0 Å². The van der Waals surface area contributed by atoms with Crippen LogP contribution in [0.5, 0.6) is 0 Å². The van der Waals surface area contributed by atoms with Crippen molar-refractivity contribution in [2.45, 2.75) is 140 Å². The number of hydrogen-bond donors (Lipinski definition) is 5. The number of rotatable bonds is 32. The molecule has 0 amide bonds. The van der Waals surface area contributed by atoms with Gasteiger partial charge in [-0.1, -0.05) is 77.0 Å². The highest BCUT2D eigenvalue weighted by atomic mass is 33.2. The molecule has 0 aromatic rings. The fourth-order valence-electron chi connectivity index (χ4n) is 4.20. The Morgan fingerprint density at radius 1 is 0.548 bits per heavy atom. The van der Waals surface area contributed by atoms with Gasteiger partial charge in [-0.25, -0.2) is 0 Å². The van der Waals surface area contributed by atoms with Crippen molar-refractivity contribution in [2.75, 3.05) is 19.8 Å². The predicted molar refractivity (Wildman–Crippen MR) is 174 cm³/mol. The molecule has 248 valence electrons. The SMILES string of the molecule is O=C(O)CCCCCCCCOC(OCCCCCCCCC(=O)O)(OCCCCCCCCC(=O)O)SP(O)(=S)S. The van der Waals surface area contributed by atoms with Crippen LogP contribution in [0, 0.1) is 0 Å². The number of unbranched alkanes of at least 4 members (excludes halogenated alkanes) is 15. The van der Waals surface area contributed by atoms with E-state index in [1.165, 1.54) is 0 Å². The largest absolute Gasteiger partial charge is 0.481 e. The van der Waals surface area contributed by atoms with Crippen LogP contribution in [0.25, 0.3) is 0 Å². The van der Waals surface area contributed by atoms with Crippen molar-refractivity contribution >= 4 is 58.0 Å². The standard InChI is InChI=1S/C28H53O10PS3/c29-25(30)19-13-7-1-4-10-16-22-36-28(42-39(35,40)41,37-23-17-11-5-2-8-14-20-26(31)32)38-24-18-12-6-3-9-15-21-27(33)34/h1-24H2,(H,29,30)(H,31,32)(H,33,34)(H2,35,40,41). The molecule has 0 saturated carbocycles. The van der Waals surface area contributed by atoms with Crippen molar-refractivity contribution < 1.29 is 48.8 Å². The normalized spacial score (nSPS) is 13.2. The second-order valence-corrected chi connectivity index (χ2v) is 19.9. The number of hydrogen-bond acceptors (Lipinski definition) is 8. The summed E-state index contributed by atoms with van der Waals surface area (Å²) in [6.45, 7) is 1.04. The van der Waals surface area contributed by atoms with Gasteiger partial charge in [0.25, 0.3) is 0 Å². The Hall–Kier alpha value is -0.400. The molecule has 0 aromatic carbocycles. The number of thiol groups is 1. The number of carboxylic acid groups (broad SMARTS) is 3. The van der Waals surface area contributed by atoms with E-state index in [4.69, 9.17) is 41.3 Å².